The first-order valence-corrected chi connectivity index (χ1v) is 8.93. The summed E-state index contributed by atoms with van der Waals surface area (Å²) in [6.07, 6.45) is 2.83. The highest BCUT2D eigenvalue weighted by atomic mass is 32.1. The number of aryl methyl sites for hydroxylation is 1. The molecule has 2 aliphatic rings. The van der Waals surface area contributed by atoms with Crippen molar-refractivity contribution >= 4 is 11.3 Å². The van der Waals surface area contributed by atoms with Gasteiger partial charge in [0.25, 0.3) is 0 Å². The lowest BCUT2D eigenvalue weighted by atomic mass is 9.81. The molecule has 23 heavy (non-hydrogen) atoms. The first kappa shape index (κ1) is 15.1. The maximum absolute atomic E-state index is 6.09. The molecule has 0 bridgehead atoms. The van der Waals surface area contributed by atoms with E-state index in [4.69, 9.17) is 9.47 Å². The van der Waals surface area contributed by atoms with Gasteiger partial charge in [-0.3, -0.25) is 4.90 Å². The van der Waals surface area contributed by atoms with E-state index in [0.717, 1.165) is 37.7 Å². The van der Waals surface area contributed by atoms with Gasteiger partial charge in [-0.1, -0.05) is 6.07 Å². The molecule has 0 radical (unpaired) electrons. The average molecular weight is 331 g/mol. The van der Waals surface area contributed by atoms with Crippen LogP contribution in [0.4, 0.5) is 0 Å². The van der Waals surface area contributed by atoms with E-state index < -0.39 is 0 Å². The molecule has 5 nitrogen and oxygen atoms in total. The number of rotatable bonds is 5. The molecule has 1 atom stereocenters. The largest absolute Gasteiger partial charge is 0.477 e. The van der Waals surface area contributed by atoms with Gasteiger partial charge in [0.15, 0.2) is 0 Å². The SMILES string of the molecule is Cc1nc(CN2CC3(C2)OCC[C@@H]3COc2ccccn2)cs1. The number of hydrogen-bond acceptors (Lipinski definition) is 6. The summed E-state index contributed by atoms with van der Waals surface area (Å²) in [4.78, 5) is 11.2. The topological polar surface area (TPSA) is 47.5 Å². The number of pyridine rings is 1. The molecule has 0 amide bonds. The smallest absolute Gasteiger partial charge is 0.213 e. The van der Waals surface area contributed by atoms with Crippen LogP contribution in [0.15, 0.2) is 29.8 Å². The van der Waals surface area contributed by atoms with Crippen LogP contribution in [0.3, 0.4) is 0 Å². The van der Waals surface area contributed by atoms with Crippen molar-refractivity contribution < 1.29 is 9.47 Å². The molecule has 1 spiro atoms. The molecule has 2 aromatic rings. The van der Waals surface area contributed by atoms with E-state index >= 15 is 0 Å². The lowest BCUT2D eigenvalue weighted by molar-refractivity contribution is -0.141. The number of likely N-dealkylation sites (tertiary alicyclic amines) is 1. The summed E-state index contributed by atoms with van der Waals surface area (Å²) in [6.45, 7) is 6.43. The zero-order chi connectivity index (χ0) is 15.7. The standard InChI is InChI=1S/C17H21N3O2S/c1-13-19-15(10-23-13)8-20-11-17(12-20)14(5-7-22-17)9-21-16-4-2-3-6-18-16/h2-4,6,10,14H,5,7-9,11-12H2,1H3/t14-/m1/s1. The van der Waals surface area contributed by atoms with Gasteiger partial charge in [-0.25, -0.2) is 9.97 Å². The summed E-state index contributed by atoms with van der Waals surface area (Å²) >= 11 is 1.72. The first-order chi connectivity index (χ1) is 11.2. The van der Waals surface area contributed by atoms with E-state index in [1.807, 2.05) is 18.2 Å². The minimum Gasteiger partial charge on any atom is -0.477 e. The van der Waals surface area contributed by atoms with Crippen LogP contribution >= 0.6 is 11.3 Å². The Morgan fingerprint density at radius 2 is 2.35 bits per heavy atom. The molecular formula is C17H21N3O2S. The third kappa shape index (κ3) is 3.11. The zero-order valence-electron chi connectivity index (χ0n) is 13.3. The number of ether oxygens (including phenoxy) is 2. The molecule has 0 aromatic carbocycles. The van der Waals surface area contributed by atoms with Crippen molar-refractivity contribution in [3.63, 3.8) is 0 Å². The van der Waals surface area contributed by atoms with Crippen LogP contribution in [0, 0.1) is 12.8 Å². The van der Waals surface area contributed by atoms with Crippen molar-refractivity contribution in [2.24, 2.45) is 5.92 Å². The van der Waals surface area contributed by atoms with Gasteiger partial charge >= 0.3 is 0 Å². The molecule has 0 unspecified atom stereocenters. The highest BCUT2D eigenvalue weighted by Gasteiger charge is 2.53. The zero-order valence-corrected chi connectivity index (χ0v) is 14.1. The van der Waals surface area contributed by atoms with Crippen molar-refractivity contribution in [3.8, 4) is 5.88 Å². The molecule has 2 fully saturated rings. The minimum absolute atomic E-state index is 0.0279. The predicted octanol–water partition coefficient (Wildman–Crippen LogP) is 2.52. The summed E-state index contributed by atoms with van der Waals surface area (Å²) in [7, 11) is 0. The molecule has 2 saturated heterocycles. The summed E-state index contributed by atoms with van der Waals surface area (Å²) < 4.78 is 11.9. The molecule has 0 saturated carbocycles. The Labute approximate surface area is 140 Å². The number of hydrogen-bond donors (Lipinski definition) is 0. The molecule has 0 N–H and O–H groups in total. The lowest BCUT2D eigenvalue weighted by Gasteiger charge is -2.50. The van der Waals surface area contributed by atoms with Gasteiger partial charge in [0, 0.05) is 49.8 Å². The van der Waals surface area contributed by atoms with Gasteiger partial charge in [-0.2, -0.15) is 0 Å². The van der Waals surface area contributed by atoms with Crippen molar-refractivity contribution in [2.75, 3.05) is 26.3 Å². The van der Waals surface area contributed by atoms with Gasteiger partial charge in [-0.05, 0) is 19.4 Å². The maximum atomic E-state index is 6.09. The van der Waals surface area contributed by atoms with E-state index in [1.165, 1.54) is 5.69 Å². The second-order valence-corrected chi connectivity index (χ2v) is 7.44. The highest BCUT2D eigenvalue weighted by Crippen LogP contribution is 2.40. The lowest BCUT2D eigenvalue weighted by Crippen LogP contribution is -2.64. The third-order valence-electron chi connectivity index (χ3n) is 4.70. The summed E-state index contributed by atoms with van der Waals surface area (Å²) in [5.41, 5.74) is 1.14. The second kappa shape index (κ2) is 6.19. The van der Waals surface area contributed by atoms with Crippen molar-refractivity contribution in [1.29, 1.82) is 0 Å². The minimum atomic E-state index is -0.0279. The Morgan fingerprint density at radius 3 is 3.09 bits per heavy atom. The van der Waals surface area contributed by atoms with Gasteiger partial charge < -0.3 is 9.47 Å². The first-order valence-electron chi connectivity index (χ1n) is 8.05. The van der Waals surface area contributed by atoms with Crippen LogP contribution < -0.4 is 4.74 Å². The fourth-order valence-corrected chi connectivity index (χ4v) is 4.12. The van der Waals surface area contributed by atoms with Crippen LogP contribution in [-0.4, -0.2) is 46.8 Å². The number of aromatic nitrogens is 2. The monoisotopic (exact) mass is 331 g/mol. The van der Waals surface area contributed by atoms with Crippen molar-refractivity contribution in [1.82, 2.24) is 14.9 Å². The van der Waals surface area contributed by atoms with E-state index in [2.05, 4.69) is 27.2 Å². The fourth-order valence-electron chi connectivity index (χ4n) is 3.52. The third-order valence-corrected chi connectivity index (χ3v) is 5.53. The van der Waals surface area contributed by atoms with Crippen molar-refractivity contribution in [3.05, 3.63) is 40.5 Å². The molecular weight excluding hydrogens is 310 g/mol. The molecule has 4 rings (SSSR count). The summed E-state index contributed by atoms with van der Waals surface area (Å²) in [5.74, 6) is 1.14. The van der Waals surface area contributed by atoms with E-state index in [0.29, 0.717) is 18.4 Å². The normalized spacial score (nSPS) is 23.1. The molecule has 4 heterocycles. The molecule has 2 aliphatic heterocycles. The van der Waals surface area contributed by atoms with Gasteiger partial charge in [0.1, 0.15) is 0 Å². The highest BCUT2D eigenvalue weighted by molar-refractivity contribution is 7.09. The Hall–Kier alpha value is -1.50. The Bertz CT molecular complexity index is 655. The van der Waals surface area contributed by atoms with Crippen LogP contribution in [-0.2, 0) is 11.3 Å². The summed E-state index contributed by atoms with van der Waals surface area (Å²) in [6, 6.07) is 5.75. The Balaban J connectivity index is 1.32. The van der Waals surface area contributed by atoms with E-state index in [1.54, 1.807) is 17.5 Å². The average Bonchev–Trinajstić information content (AvgIpc) is 3.12. The molecule has 6 heteroatoms. The van der Waals surface area contributed by atoms with Crippen LogP contribution in [0.2, 0.25) is 0 Å². The fraction of sp³-hybridized carbons (Fsp3) is 0.529. The van der Waals surface area contributed by atoms with Gasteiger partial charge in [0.05, 0.1) is 22.9 Å². The Kier molecular flexibility index (Phi) is 4.05. The van der Waals surface area contributed by atoms with E-state index in [-0.39, 0.29) is 5.60 Å². The van der Waals surface area contributed by atoms with Gasteiger partial charge in [-0.15, -0.1) is 11.3 Å². The maximum Gasteiger partial charge on any atom is 0.213 e. The summed E-state index contributed by atoms with van der Waals surface area (Å²) in [5, 5.41) is 3.28. The van der Waals surface area contributed by atoms with E-state index in [9.17, 15) is 0 Å². The second-order valence-electron chi connectivity index (χ2n) is 6.38. The van der Waals surface area contributed by atoms with Crippen LogP contribution in [0.5, 0.6) is 5.88 Å². The number of nitrogens with zero attached hydrogens (tertiary/aromatic N) is 3. The molecule has 0 aliphatic carbocycles. The quantitative estimate of drug-likeness (QED) is 0.842. The van der Waals surface area contributed by atoms with Crippen LogP contribution in [0.1, 0.15) is 17.1 Å². The van der Waals surface area contributed by atoms with Gasteiger partial charge in [0.2, 0.25) is 5.88 Å². The number of thiazole rings is 1. The van der Waals surface area contributed by atoms with Crippen molar-refractivity contribution in [2.45, 2.75) is 25.5 Å². The van der Waals surface area contributed by atoms with Crippen LogP contribution in [0.25, 0.3) is 0 Å². The molecule has 122 valence electrons. The molecule has 2 aromatic heterocycles. The predicted molar refractivity (Wildman–Crippen MR) is 88.7 cm³/mol. The Morgan fingerprint density at radius 1 is 1.43 bits per heavy atom.